The number of benzene rings is 3. The number of fused-ring (bicyclic) bond motifs is 1. The fourth-order valence-electron chi connectivity index (χ4n) is 5.11. The molecule has 0 aliphatic heterocycles. The number of amides is 1. The largest absolute Gasteiger partial charge is 0.362 e. The minimum absolute atomic E-state index is 0.000325. The van der Waals surface area contributed by atoms with Gasteiger partial charge in [0.2, 0.25) is 11.9 Å². The molecule has 0 bridgehead atoms. The lowest BCUT2D eigenvalue weighted by atomic mass is 9.91. The molecule has 10 heteroatoms. The number of ketones is 1. The number of halogens is 2. The number of nitrogens with one attached hydrogen (secondary N) is 2. The Balaban J connectivity index is 1.21. The minimum atomic E-state index is -0.643. The van der Waals surface area contributed by atoms with E-state index in [4.69, 9.17) is 21.6 Å². The Hall–Kier alpha value is -3.69. The Bertz CT molecular complexity index is 1540. The third-order valence-electron chi connectivity index (χ3n) is 7.33. The van der Waals surface area contributed by atoms with Gasteiger partial charge in [0.25, 0.3) is 0 Å². The first-order valence-corrected chi connectivity index (χ1v) is 15.2. The molecule has 1 amide bonds. The van der Waals surface area contributed by atoms with Crippen LogP contribution in [0.1, 0.15) is 42.5 Å². The molecule has 1 heterocycles. The molecule has 1 aromatic heterocycles. The third-order valence-corrected chi connectivity index (χ3v) is 8.80. The van der Waals surface area contributed by atoms with Crippen molar-refractivity contribution in [1.29, 1.82) is 0 Å². The van der Waals surface area contributed by atoms with E-state index >= 15 is 0 Å². The number of rotatable bonds is 10. The number of Topliss-reactive ketones (excluding diaryl/α,β-unsaturated/α-hetero) is 1. The first-order valence-electron chi connectivity index (χ1n) is 14.0. The van der Waals surface area contributed by atoms with Crippen molar-refractivity contribution in [3.63, 3.8) is 0 Å². The van der Waals surface area contributed by atoms with Crippen LogP contribution in [0.15, 0.2) is 77.7 Å². The van der Waals surface area contributed by atoms with E-state index in [0.717, 1.165) is 47.3 Å². The van der Waals surface area contributed by atoms with Crippen molar-refractivity contribution in [2.45, 2.75) is 54.3 Å². The molecular weight excluding hydrogens is 573 g/mol. The van der Waals surface area contributed by atoms with Crippen molar-refractivity contribution in [2.24, 2.45) is 0 Å². The van der Waals surface area contributed by atoms with Crippen LogP contribution in [0.4, 0.5) is 16.2 Å². The van der Waals surface area contributed by atoms with Gasteiger partial charge < -0.3 is 15.5 Å². The molecule has 1 unspecified atom stereocenters. The molecule has 2 N–H and O–H groups in total. The summed E-state index contributed by atoms with van der Waals surface area (Å²) in [4.78, 5) is 38.8. The average molecular weight is 606 g/mol. The van der Waals surface area contributed by atoms with Gasteiger partial charge in [0.15, 0.2) is 5.78 Å². The van der Waals surface area contributed by atoms with Crippen LogP contribution in [0.3, 0.4) is 0 Å². The van der Waals surface area contributed by atoms with Crippen LogP contribution in [0.2, 0.25) is 5.02 Å². The maximum atomic E-state index is 13.5. The van der Waals surface area contributed by atoms with Gasteiger partial charge in [-0.1, -0.05) is 23.7 Å². The Morgan fingerprint density at radius 2 is 1.62 bits per heavy atom. The number of hydrogen-bond acceptors (Lipinski definition) is 7. The summed E-state index contributed by atoms with van der Waals surface area (Å²) in [6.07, 6.45) is 3.28. The highest BCUT2D eigenvalue weighted by molar-refractivity contribution is 8.00. The molecule has 4 aromatic rings. The van der Waals surface area contributed by atoms with Crippen LogP contribution < -0.4 is 15.5 Å². The molecule has 1 aliphatic rings. The number of anilines is 2. The van der Waals surface area contributed by atoms with Crippen LogP contribution in [0, 0.1) is 5.82 Å². The first-order chi connectivity index (χ1) is 20.2. The molecule has 1 saturated carbocycles. The molecule has 1 fully saturated rings. The SMILES string of the molecule is CN(C)c1nc(NC2CCC(NC(=O)C(CC(=O)c3ccc(F)cc3)Sc3ccc(Cl)cc3)CC2)nc2ccccc12. The number of nitrogens with zero attached hydrogens (tertiary/aromatic N) is 3. The number of para-hydroxylation sites is 1. The molecule has 0 spiro atoms. The van der Waals surface area contributed by atoms with Gasteiger partial charge in [0, 0.05) is 53.5 Å². The zero-order valence-electron chi connectivity index (χ0n) is 23.5. The van der Waals surface area contributed by atoms with E-state index < -0.39 is 11.1 Å². The fourth-order valence-corrected chi connectivity index (χ4v) is 6.27. The van der Waals surface area contributed by atoms with Crippen LogP contribution in [0.5, 0.6) is 0 Å². The van der Waals surface area contributed by atoms with E-state index in [1.165, 1.54) is 36.0 Å². The second-order valence-electron chi connectivity index (χ2n) is 10.7. The fraction of sp³-hybridized carbons (Fsp3) is 0.312. The highest BCUT2D eigenvalue weighted by Crippen LogP contribution is 2.30. The topological polar surface area (TPSA) is 87.2 Å². The number of aromatic nitrogens is 2. The van der Waals surface area contributed by atoms with E-state index in [-0.39, 0.29) is 30.2 Å². The first kappa shape index (κ1) is 29.8. The van der Waals surface area contributed by atoms with E-state index in [9.17, 15) is 14.0 Å². The van der Waals surface area contributed by atoms with Gasteiger partial charge in [-0.05, 0) is 86.3 Å². The summed E-state index contributed by atoms with van der Waals surface area (Å²) in [6.45, 7) is 0. The van der Waals surface area contributed by atoms with Gasteiger partial charge in [0.1, 0.15) is 11.6 Å². The highest BCUT2D eigenvalue weighted by Gasteiger charge is 2.29. The van der Waals surface area contributed by atoms with Crippen LogP contribution >= 0.6 is 23.4 Å². The highest BCUT2D eigenvalue weighted by atomic mass is 35.5. The number of carbonyl (C=O) groups excluding carboxylic acids is 2. The zero-order valence-corrected chi connectivity index (χ0v) is 25.1. The van der Waals surface area contributed by atoms with Gasteiger partial charge in [-0.15, -0.1) is 11.8 Å². The summed E-state index contributed by atoms with van der Waals surface area (Å²) in [6, 6.07) is 20.8. The van der Waals surface area contributed by atoms with Crippen molar-refractivity contribution in [3.8, 4) is 0 Å². The Morgan fingerprint density at radius 1 is 0.952 bits per heavy atom. The van der Waals surface area contributed by atoms with Gasteiger partial charge in [-0.2, -0.15) is 4.98 Å². The van der Waals surface area contributed by atoms with E-state index in [2.05, 4.69) is 10.6 Å². The molecule has 42 heavy (non-hydrogen) atoms. The molecule has 5 rings (SSSR count). The second-order valence-corrected chi connectivity index (χ2v) is 12.4. The van der Waals surface area contributed by atoms with Crippen molar-refractivity contribution in [1.82, 2.24) is 15.3 Å². The molecule has 1 atom stereocenters. The summed E-state index contributed by atoms with van der Waals surface area (Å²) in [5.41, 5.74) is 1.27. The Kier molecular flexibility index (Phi) is 9.59. The van der Waals surface area contributed by atoms with Crippen molar-refractivity contribution in [2.75, 3.05) is 24.3 Å². The summed E-state index contributed by atoms with van der Waals surface area (Å²) in [5.74, 6) is 0.659. The summed E-state index contributed by atoms with van der Waals surface area (Å²) < 4.78 is 13.4. The molecule has 0 saturated heterocycles. The van der Waals surface area contributed by atoms with Gasteiger partial charge in [-0.25, -0.2) is 9.37 Å². The molecule has 7 nitrogen and oxygen atoms in total. The predicted molar refractivity (Wildman–Crippen MR) is 168 cm³/mol. The van der Waals surface area contributed by atoms with Crippen LogP contribution in [-0.4, -0.2) is 53.1 Å². The van der Waals surface area contributed by atoms with Gasteiger partial charge in [0.05, 0.1) is 10.8 Å². The quantitative estimate of drug-likeness (QED) is 0.152. The molecule has 3 aromatic carbocycles. The maximum Gasteiger partial charge on any atom is 0.234 e. The minimum Gasteiger partial charge on any atom is -0.362 e. The lowest BCUT2D eigenvalue weighted by Gasteiger charge is -2.31. The second kappa shape index (κ2) is 13.5. The smallest absolute Gasteiger partial charge is 0.234 e. The number of hydrogen-bond donors (Lipinski definition) is 2. The van der Waals surface area contributed by atoms with Crippen molar-refractivity contribution >= 4 is 57.7 Å². The summed E-state index contributed by atoms with van der Waals surface area (Å²) in [7, 11) is 3.94. The standard InChI is InChI=1S/C32H33ClFN5O2S/c1-39(2)30-26-5-3-4-6-27(26)37-32(38-30)36-24-15-13-23(14-16-24)35-31(41)29(42-25-17-9-21(33)10-18-25)19-28(40)20-7-11-22(34)12-8-20/h3-12,17-18,23-24,29H,13-16,19H2,1-2H3,(H,35,41)(H,36,37,38). The van der Waals surface area contributed by atoms with Crippen LogP contribution in [-0.2, 0) is 4.79 Å². The lowest BCUT2D eigenvalue weighted by Crippen LogP contribution is -2.44. The van der Waals surface area contributed by atoms with E-state index in [1.807, 2.05) is 55.4 Å². The number of thioether (sulfide) groups is 1. The average Bonchev–Trinajstić information content (AvgIpc) is 2.98. The summed E-state index contributed by atoms with van der Waals surface area (Å²) in [5, 5.41) is 7.64. The van der Waals surface area contributed by atoms with Gasteiger partial charge in [-0.3, -0.25) is 9.59 Å². The predicted octanol–water partition coefficient (Wildman–Crippen LogP) is 6.76. The summed E-state index contributed by atoms with van der Waals surface area (Å²) >= 11 is 7.37. The monoisotopic (exact) mass is 605 g/mol. The Labute approximate surface area is 254 Å². The lowest BCUT2D eigenvalue weighted by molar-refractivity contribution is -0.121. The van der Waals surface area contributed by atoms with Gasteiger partial charge >= 0.3 is 0 Å². The maximum absolute atomic E-state index is 13.5. The Morgan fingerprint density at radius 3 is 2.31 bits per heavy atom. The third kappa shape index (κ3) is 7.57. The molecule has 0 radical (unpaired) electrons. The number of carbonyl (C=O) groups is 2. The van der Waals surface area contributed by atoms with E-state index in [1.54, 1.807) is 12.1 Å². The zero-order chi connectivity index (χ0) is 29.6. The van der Waals surface area contributed by atoms with Crippen molar-refractivity contribution < 1.29 is 14.0 Å². The van der Waals surface area contributed by atoms with Crippen LogP contribution in [0.25, 0.3) is 10.9 Å². The van der Waals surface area contributed by atoms with Crippen molar-refractivity contribution in [3.05, 3.63) is 89.2 Å². The molecule has 1 aliphatic carbocycles. The normalized spacial score (nSPS) is 17.4. The van der Waals surface area contributed by atoms with E-state index in [0.29, 0.717) is 16.5 Å². The molecule has 218 valence electrons. The molecular formula is C32H33ClFN5O2S.